The Kier molecular flexibility index (Phi) is 5.58. The summed E-state index contributed by atoms with van der Waals surface area (Å²) < 4.78 is 31.7. The molecule has 27 heavy (non-hydrogen) atoms. The van der Waals surface area contributed by atoms with Crippen LogP contribution in [0.15, 0.2) is 33.2 Å². The van der Waals surface area contributed by atoms with Gasteiger partial charge in [-0.1, -0.05) is 29.3 Å². The lowest BCUT2D eigenvalue weighted by atomic mass is 10.1. The minimum Gasteiger partial charge on any atom is -0.475 e. The standard InChI is InChI=1S/C15H13Cl2N3.C2HF3O2/c16-10-2-1-3-11(17)14(10)20-15-18-12(8-4-5-8)13(19-15)9-6-7-9;3-2(4,5)1(6)7/h1-3,8-9H,4-7H2;(H,6,7). The second-order valence-corrected chi connectivity index (χ2v) is 7.14. The molecular formula is C17H14Cl2F3N3O2. The lowest BCUT2D eigenvalue weighted by molar-refractivity contribution is -0.192. The first-order valence-electron chi connectivity index (χ1n) is 8.17. The Morgan fingerprint density at radius 1 is 1.04 bits per heavy atom. The summed E-state index contributed by atoms with van der Waals surface area (Å²) in [4.78, 5) is 22.6. The third-order valence-electron chi connectivity index (χ3n) is 4.02. The van der Waals surface area contributed by atoms with E-state index in [1.54, 1.807) is 18.2 Å². The molecule has 0 bridgehead atoms. The number of para-hydroxylation sites is 1. The van der Waals surface area contributed by atoms with Crippen molar-refractivity contribution in [2.24, 2.45) is 26.8 Å². The van der Waals surface area contributed by atoms with Gasteiger partial charge in [-0.3, -0.25) is 0 Å². The summed E-state index contributed by atoms with van der Waals surface area (Å²) in [6.45, 7) is 0. The minimum atomic E-state index is -5.08. The number of carboxylic acids is 1. The van der Waals surface area contributed by atoms with Gasteiger partial charge in [0.15, 0.2) is 0 Å². The molecule has 0 radical (unpaired) electrons. The predicted molar refractivity (Wildman–Crippen MR) is 97.6 cm³/mol. The van der Waals surface area contributed by atoms with Gasteiger partial charge in [0.05, 0.1) is 21.5 Å². The van der Waals surface area contributed by atoms with Gasteiger partial charge < -0.3 is 5.11 Å². The van der Waals surface area contributed by atoms with Crippen LogP contribution in [0.3, 0.4) is 0 Å². The highest BCUT2D eigenvalue weighted by molar-refractivity contribution is 6.50. The van der Waals surface area contributed by atoms with Crippen molar-refractivity contribution in [3.8, 4) is 0 Å². The van der Waals surface area contributed by atoms with Crippen molar-refractivity contribution in [3.05, 3.63) is 28.2 Å². The lowest BCUT2D eigenvalue weighted by Crippen LogP contribution is -2.21. The monoisotopic (exact) mass is 419 g/mol. The summed E-state index contributed by atoms with van der Waals surface area (Å²) in [6, 6.07) is 5.36. The van der Waals surface area contributed by atoms with Crippen LogP contribution >= 0.6 is 23.2 Å². The van der Waals surface area contributed by atoms with E-state index < -0.39 is 12.1 Å². The van der Waals surface area contributed by atoms with Crippen LogP contribution in [-0.2, 0) is 4.79 Å². The summed E-state index contributed by atoms with van der Waals surface area (Å²) in [5.74, 6) is -1.05. The topological polar surface area (TPSA) is 74.4 Å². The lowest BCUT2D eigenvalue weighted by Gasteiger charge is -1.99. The van der Waals surface area contributed by atoms with Gasteiger partial charge in [-0.2, -0.15) is 13.2 Å². The maximum atomic E-state index is 10.6. The summed E-state index contributed by atoms with van der Waals surface area (Å²) >= 11 is 12.3. The van der Waals surface area contributed by atoms with E-state index in [0.717, 1.165) is 11.4 Å². The normalized spacial score (nSPS) is 19.1. The zero-order valence-corrected chi connectivity index (χ0v) is 15.3. The Bertz CT molecular complexity index is 807. The smallest absolute Gasteiger partial charge is 0.475 e. The van der Waals surface area contributed by atoms with Gasteiger partial charge in [0.25, 0.3) is 5.96 Å². The Morgan fingerprint density at radius 2 is 1.44 bits per heavy atom. The van der Waals surface area contributed by atoms with E-state index in [4.69, 9.17) is 33.1 Å². The maximum absolute atomic E-state index is 10.6. The van der Waals surface area contributed by atoms with Crippen LogP contribution in [0.5, 0.6) is 0 Å². The van der Waals surface area contributed by atoms with Crippen molar-refractivity contribution in [1.29, 1.82) is 0 Å². The molecule has 0 aromatic heterocycles. The van der Waals surface area contributed by atoms with E-state index in [0.29, 0.717) is 33.5 Å². The maximum Gasteiger partial charge on any atom is 0.490 e. The molecule has 4 rings (SSSR count). The Labute approximate surface area is 162 Å². The zero-order chi connectivity index (χ0) is 19.8. The molecule has 0 atom stereocenters. The molecule has 1 aromatic carbocycles. The molecule has 2 saturated carbocycles. The molecular weight excluding hydrogens is 406 g/mol. The van der Waals surface area contributed by atoms with Gasteiger partial charge in [0.1, 0.15) is 5.69 Å². The Hall–Kier alpha value is -1.93. The minimum absolute atomic E-state index is 0.504. The molecule has 2 fully saturated rings. The second kappa shape index (κ2) is 7.59. The van der Waals surface area contributed by atoms with Gasteiger partial charge in [-0.15, -0.1) is 0 Å². The van der Waals surface area contributed by atoms with Crippen molar-refractivity contribution in [1.82, 2.24) is 0 Å². The number of nitrogens with zero attached hydrogens (tertiary/aromatic N) is 3. The summed E-state index contributed by atoms with van der Waals surface area (Å²) in [7, 11) is 0. The van der Waals surface area contributed by atoms with E-state index in [-0.39, 0.29) is 0 Å². The number of carbonyl (C=O) groups is 1. The first-order valence-corrected chi connectivity index (χ1v) is 8.92. The number of halogens is 5. The molecule has 0 amide bonds. The van der Waals surface area contributed by atoms with E-state index in [9.17, 15) is 13.2 Å². The summed E-state index contributed by atoms with van der Waals surface area (Å²) in [6.07, 6.45) is -0.176. The molecule has 10 heteroatoms. The highest BCUT2D eigenvalue weighted by Gasteiger charge is 2.40. The van der Waals surface area contributed by atoms with Gasteiger partial charge in [0.2, 0.25) is 0 Å². The molecule has 2 aliphatic carbocycles. The number of guanidine groups is 1. The van der Waals surface area contributed by atoms with Crippen LogP contribution in [0.4, 0.5) is 18.9 Å². The van der Waals surface area contributed by atoms with Crippen molar-refractivity contribution in [2.75, 3.05) is 0 Å². The van der Waals surface area contributed by atoms with Crippen LogP contribution in [-0.4, -0.2) is 34.6 Å². The van der Waals surface area contributed by atoms with Gasteiger partial charge in [-0.05, 0) is 37.8 Å². The number of hydrogen-bond donors (Lipinski definition) is 1. The third-order valence-corrected chi connectivity index (χ3v) is 4.63. The fraction of sp³-hybridized carbons (Fsp3) is 0.412. The SMILES string of the molecule is Clc1cccc(Cl)c1N=C1N=C(C2CC2)C(C2CC2)=N1.O=C(O)C(F)(F)F. The number of rotatable bonds is 3. The number of hydrogen-bond acceptors (Lipinski definition) is 2. The highest BCUT2D eigenvalue weighted by atomic mass is 35.5. The molecule has 1 heterocycles. The van der Waals surface area contributed by atoms with Crippen molar-refractivity contribution in [3.63, 3.8) is 0 Å². The van der Waals surface area contributed by atoms with Crippen LogP contribution in [0.2, 0.25) is 10.0 Å². The zero-order valence-electron chi connectivity index (χ0n) is 13.8. The molecule has 0 saturated heterocycles. The fourth-order valence-electron chi connectivity index (χ4n) is 2.42. The van der Waals surface area contributed by atoms with E-state index in [1.807, 2.05) is 0 Å². The van der Waals surface area contributed by atoms with Crippen molar-refractivity contribution in [2.45, 2.75) is 31.9 Å². The number of alkyl halides is 3. The van der Waals surface area contributed by atoms with E-state index in [1.165, 1.54) is 25.7 Å². The molecule has 0 unspecified atom stereocenters. The van der Waals surface area contributed by atoms with Crippen LogP contribution < -0.4 is 0 Å². The summed E-state index contributed by atoms with van der Waals surface area (Å²) in [5, 5.41) is 8.19. The van der Waals surface area contributed by atoms with Crippen molar-refractivity contribution < 1.29 is 23.1 Å². The third kappa shape index (κ3) is 5.07. The molecule has 1 aliphatic heterocycles. The van der Waals surface area contributed by atoms with Gasteiger partial charge in [-0.25, -0.2) is 19.8 Å². The quantitative estimate of drug-likeness (QED) is 0.718. The molecule has 144 valence electrons. The Morgan fingerprint density at radius 3 is 1.78 bits per heavy atom. The number of aliphatic carboxylic acids is 1. The molecule has 3 aliphatic rings. The summed E-state index contributed by atoms with van der Waals surface area (Å²) in [5.41, 5.74) is 2.88. The predicted octanol–water partition coefficient (Wildman–Crippen LogP) is 5.33. The van der Waals surface area contributed by atoms with Crippen LogP contribution in [0, 0.1) is 11.8 Å². The second-order valence-electron chi connectivity index (χ2n) is 6.33. The van der Waals surface area contributed by atoms with Gasteiger partial charge in [0, 0.05) is 11.8 Å². The molecule has 0 spiro atoms. The average molecular weight is 420 g/mol. The molecule has 1 N–H and O–H groups in total. The van der Waals surface area contributed by atoms with E-state index in [2.05, 4.69) is 15.0 Å². The highest BCUT2D eigenvalue weighted by Crippen LogP contribution is 2.40. The number of carboxylic acid groups (broad SMARTS) is 1. The number of benzene rings is 1. The largest absolute Gasteiger partial charge is 0.490 e. The van der Waals surface area contributed by atoms with Crippen LogP contribution in [0.25, 0.3) is 0 Å². The first kappa shape index (κ1) is 19.8. The average Bonchev–Trinajstić information content (AvgIpc) is 3.49. The van der Waals surface area contributed by atoms with Crippen molar-refractivity contribution >= 4 is 52.2 Å². The molecule has 5 nitrogen and oxygen atoms in total. The number of aliphatic imine (C=N–C) groups is 3. The van der Waals surface area contributed by atoms with E-state index >= 15 is 0 Å². The Balaban J connectivity index is 0.000000260. The molecule has 1 aromatic rings. The van der Waals surface area contributed by atoms with Crippen LogP contribution in [0.1, 0.15) is 25.7 Å². The first-order chi connectivity index (χ1) is 12.7. The van der Waals surface area contributed by atoms with Gasteiger partial charge >= 0.3 is 12.1 Å². The fourth-order valence-corrected chi connectivity index (χ4v) is 2.90.